The Hall–Kier alpha value is -2.07. The van der Waals surface area contributed by atoms with E-state index >= 15 is 0 Å². The summed E-state index contributed by atoms with van der Waals surface area (Å²) < 4.78 is 7.27. The molecule has 0 saturated carbocycles. The van der Waals surface area contributed by atoms with Crippen LogP contribution in [-0.4, -0.2) is 9.78 Å². The van der Waals surface area contributed by atoms with Gasteiger partial charge in [-0.05, 0) is 12.1 Å². The lowest BCUT2D eigenvalue weighted by Gasteiger charge is -2.03. The molecule has 0 aliphatic heterocycles. The average molecular weight is 227 g/mol. The molecule has 2 heterocycles. The van der Waals surface area contributed by atoms with Crippen molar-refractivity contribution in [1.82, 2.24) is 9.78 Å². The van der Waals surface area contributed by atoms with Gasteiger partial charge in [-0.15, -0.1) is 0 Å². The molecule has 17 heavy (non-hydrogen) atoms. The third-order valence-electron chi connectivity index (χ3n) is 2.89. The molecule has 4 heteroatoms. The predicted molar refractivity (Wildman–Crippen MR) is 65.4 cm³/mol. The normalized spacial score (nSPS) is 11.1. The molecular weight excluding hydrogens is 214 g/mol. The zero-order valence-corrected chi connectivity index (χ0v) is 9.34. The van der Waals surface area contributed by atoms with Crippen LogP contribution in [0.3, 0.4) is 0 Å². The van der Waals surface area contributed by atoms with Crippen molar-refractivity contribution in [2.45, 2.75) is 13.1 Å². The van der Waals surface area contributed by atoms with Crippen LogP contribution in [0.1, 0.15) is 11.3 Å². The van der Waals surface area contributed by atoms with Crippen molar-refractivity contribution in [2.75, 3.05) is 0 Å². The number of nitrogens with zero attached hydrogens (tertiary/aromatic N) is 2. The van der Waals surface area contributed by atoms with Gasteiger partial charge in [-0.2, -0.15) is 5.10 Å². The minimum absolute atomic E-state index is 0.418. The van der Waals surface area contributed by atoms with E-state index in [2.05, 4.69) is 17.2 Å². The maximum Gasteiger partial charge on any atom is 0.122 e. The van der Waals surface area contributed by atoms with Gasteiger partial charge >= 0.3 is 0 Å². The van der Waals surface area contributed by atoms with Crippen LogP contribution >= 0.6 is 0 Å². The maximum atomic E-state index is 5.61. The van der Waals surface area contributed by atoms with Crippen LogP contribution in [-0.2, 0) is 13.1 Å². The topological polar surface area (TPSA) is 57.0 Å². The monoisotopic (exact) mass is 227 g/mol. The summed E-state index contributed by atoms with van der Waals surface area (Å²) in [6.45, 7) is 1.11. The Balaban J connectivity index is 2.00. The van der Waals surface area contributed by atoms with Gasteiger partial charge in [0.25, 0.3) is 0 Å². The largest absolute Gasteiger partial charge is 0.468 e. The molecular formula is C13H13N3O. The van der Waals surface area contributed by atoms with Crippen molar-refractivity contribution in [3.8, 4) is 0 Å². The average Bonchev–Trinajstić information content (AvgIpc) is 2.97. The fraction of sp³-hybridized carbons (Fsp3) is 0.154. The Morgan fingerprint density at radius 3 is 3.00 bits per heavy atom. The molecule has 2 N–H and O–H groups in total. The van der Waals surface area contributed by atoms with Gasteiger partial charge in [-0.3, -0.25) is 4.68 Å². The number of fused-ring (bicyclic) bond motifs is 1. The smallest absolute Gasteiger partial charge is 0.122 e. The molecule has 0 bridgehead atoms. The molecule has 0 amide bonds. The quantitative estimate of drug-likeness (QED) is 0.745. The Morgan fingerprint density at radius 2 is 2.12 bits per heavy atom. The summed E-state index contributed by atoms with van der Waals surface area (Å²) in [6, 6.07) is 10.1. The minimum Gasteiger partial charge on any atom is -0.468 e. The van der Waals surface area contributed by atoms with Crippen molar-refractivity contribution in [3.63, 3.8) is 0 Å². The van der Waals surface area contributed by atoms with Gasteiger partial charge in [0.05, 0.1) is 31.1 Å². The molecule has 0 saturated heterocycles. The summed E-state index contributed by atoms with van der Waals surface area (Å²) in [5.74, 6) is 0.824. The molecule has 0 atom stereocenters. The fourth-order valence-corrected chi connectivity index (χ4v) is 2.00. The summed E-state index contributed by atoms with van der Waals surface area (Å²) >= 11 is 0. The highest BCUT2D eigenvalue weighted by atomic mass is 16.3. The first-order valence-electron chi connectivity index (χ1n) is 5.54. The van der Waals surface area contributed by atoms with E-state index in [1.807, 2.05) is 29.1 Å². The van der Waals surface area contributed by atoms with E-state index in [1.54, 1.807) is 6.26 Å². The maximum absolute atomic E-state index is 5.61. The molecule has 0 radical (unpaired) electrons. The standard InChI is InChI=1S/C13H13N3O/c14-7-13-11(5-6-17-13)9-16-12-4-2-1-3-10(12)8-15-16/h1-6,8H,7,9,14H2. The van der Waals surface area contributed by atoms with E-state index in [0.717, 1.165) is 22.2 Å². The lowest BCUT2D eigenvalue weighted by molar-refractivity contribution is 0.504. The molecule has 86 valence electrons. The van der Waals surface area contributed by atoms with Crippen molar-refractivity contribution in [3.05, 3.63) is 54.1 Å². The first-order chi connectivity index (χ1) is 8.38. The number of hydrogen-bond donors (Lipinski definition) is 1. The van der Waals surface area contributed by atoms with Crippen molar-refractivity contribution in [1.29, 1.82) is 0 Å². The zero-order valence-electron chi connectivity index (χ0n) is 9.34. The number of hydrogen-bond acceptors (Lipinski definition) is 3. The molecule has 0 aliphatic carbocycles. The second-order valence-electron chi connectivity index (χ2n) is 3.93. The summed E-state index contributed by atoms with van der Waals surface area (Å²) in [5, 5.41) is 5.52. The summed E-state index contributed by atoms with van der Waals surface area (Å²) in [4.78, 5) is 0. The Morgan fingerprint density at radius 1 is 1.24 bits per heavy atom. The Bertz CT molecular complexity index is 639. The van der Waals surface area contributed by atoms with Crippen molar-refractivity contribution < 1.29 is 4.42 Å². The van der Waals surface area contributed by atoms with E-state index in [0.29, 0.717) is 13.1 Å². The molecule has 3 rings (SSSR count). The summed E-state index contributed by atoms with van der Waals surface area (Å²) in [6.07, 6.45) is 3.54. The van der Waals surface area contributed by atoms with Crippen molar-refractivity contribution in [2.24, 2.45) is 5.73 Å². The lowest BCUT2D eigenvalue weighted by Crippen LogP contribution is -2.05. The third-order valence-corrected chi connectivity index (χ3v) is 2.89. The highest BCUT2D eigenvalue weighted by molar-refractivity contribution is 5.78. The highest BCUT2D eigenvalue weighted by Crippen LogP contribution is 2.16. The van der Waals surface area contributed by atoms with Crippen LogP contribution in [0.15, 0.2) is 47.2 Å². The lowest BCUT2D eigenvalue weighted by atomic mass is 10.2. The van der Waals surface area contributed by atoms with E-state index in [1.165, 1.54) is 0 Å². The SMILES string of the molecule is NCc1occc1Cn1ncc2ccccc21. The minimum atomic E-state index is 0.418. The van der Waals surface area contributed by atoms with E-state index in [9.17, 15) is 0 Å². The van der Waals surface area contributed by atoms with Crippen LogP contribution in [0.2, 0.25) is 0 Å². The van der Waals surface area contributed by atoms with Gasteiger partial charge in [0.2, 0.25) is 0 Å². The van der Waals surface area contributed by atoms with Gasteiger partial charge in [0.15, 0.2) is 0 Å². The zero-order chi connectivity index (χ0) is 11.7. The fourth-order valence-electron chi connectivity index (χ4n) is 2.00. The van der Waals surface area contributed by atoms with Gasteiger partial charge in [0.1, 0.15) is 5.76 Å². The summed E-state index contributed by atoms with van der Waals surface area (Å²) in [5.41, 5.74) is 7.82. The Labute approximate surface area is 98.6 Å². The predicted octanol–water partition coefficient (Wildman–Crippen LogP) is 2.14. The van der Waals surface area contributed by atoms with E-state index < -0.39 is 0 Å². The number of para-hydroxylation sites is 1. The second kappa shape index (κ2) is 4.07. The van der Waals surface area contributed by atoms with E-state index in [4.69, 9.17) is 10.2 Å². The van der Waals surface area contributed by atoms with Crippen LogP contribution in [0.4, 0.5) is 0 Å². The summed E-state index contributed by atoms with van der Waals surface area (Å²) in [7, 11) is 0. The molecule has 0 unspecified atom stereocenters. The van der Waals surface area contributed by atoms with Crippen LogP contribution in [0.5, 0.6) is 0 Å². The molecule has 0 spiro atoms. The van der Waals surface area contributed by atoms with Crippen LogP contribution in [0, 0.1) is 0 Å². The second-order valence-corrected chi connectivity index (χ2v) is 3.93. The van der Waals surface area contributed by atoms with Gasteiger partial charge in [0, 0.05) is 10.9 Å². The number of nitrogens with two attached hydrogens (primary N) is 1. The van der Waals surface area contributed by atoms with E-state index in [-0.39, 0.29) is 0 Å². The van der Waals surface area contributed by atoms with Gasteiger partial charge < -0.3 is 10.2 Å². The molecule has 0 aliphatic rings. The highest BCUT2D eigenvalue weighted by Gasteiger charge is 2.07. The third kappa shape index (κ3) is 1.72. The van der Waals surface area contributed by atoms with Crippen molar-refractivity contribution >= 4 is 10.9 Å². The molecule has 4 nitrogen and oxygen atoms in total. The molecule has 2 aromatic heterocycles. The number of rotatable bonds is 3. The molecule has 3 aromatic rings. The number of benzene rings is 1. The Kier molecular flexibility index (Phi) is 2.42. The molecule has 1 aromatic carbocycles. The van der Waals surface area contributed by atoms with Crippen LogP contribution in [0.25, 0.3) is 10.9 Å². The number of furan rings is 1. The van der Waals surface area contributed by atoms with Gasteiger partial charge in [-0.1, -0.05) is 18.2 Å². The molecule has 0 fully saturated rings. The van der Waals surface area contributed by atoms with Crippen LogP contribution < -0.4 is 5.73 Å². The number of aromatic nitrogens is 2. The van der Waals surface area contributed by atoms with Gasteiger partial charge in [-0.25, -0.2) is 0 Å². The first kappa shape index (κ1) is 10.1. The first-order valence-corrected chi connectivity index (χ1v) is 5.54.